The molecular formula is C21H23NO4. The summed E-state index contributed by atoms with van der Waals surface area (Å²) in [7, 11) is 0. The number of nitrogens with zero attached hydrogens (tertiary/aromatic N) is 1. The highest BCUT2D eigenvalue weighted by Crippen LogP contribution is 2.68. The SMILES string of the molecule is O=C(O)c1ccccc1CN1C[C@@H](O)[C@@]2(C1)[C@H](CO)[C@H]2c1ccccc1. The van der Waals surface area contributed by atoms with Crippen molar-refractivity contribution >= 4 is 5.97 Å². The number of carbonyl (C=O) groups is 1. The van der Waals surface area contributed by atoms with E-state index in [0.717, 1.165) is 11.1 Å². The zero-order chi connectivity index (χ0) is 18.3. The fraction of sp³-hybridized carbons (Fsp3) is 0.381. The van der Waals surface area contributed by atoms with Gasteiger partial charge in [0, 0.05) is 31.7 Å². The lowest BCUT2D eigenvalue weighted by atomic mass is 9.95. The number of aliphatic hydroxyl groups excluding tert-OH is 2. The van der Waals surface area contributed by atoms with Crippen LogP contribution in [0.3, 0.4) is 0 Å². The summed E-state index contributed by atoms with van der Waals surface area (Å²) >= 11 is 0. The van der Waals surface area contributed by atoms with Gasteiger partial charge in [-0.25, -0.2) is 4.79 Å². The summed E-state index contributed by atoms with van der Waals surface area (Å²) in [5.41, 5.74) is 1.87. The Morgan fingerprint density at radius 3 is 2.50 bits per heavy atom. The first kappa shape index (κ1) is 17.2. The van der Waals surface area contributed by atoms with Crippen molar-refractivity contribution in [3.63, 3.8) is 0 Å². The lowest BCUT2D eigenvalue weighted by Crippen LogP contribution is -2.23. The lowest BCUT2D eigenvalue weighted by molar-refractivity contribution is 0.0694. The highest BCUT2D eigenvalue weighted by molar-refractivity contribution is 5.89. The van der Waals surface area contributed by atoms with Crippen molar-refractivity contribution in [2.75, 3.05) is 19.7 Å². The summed E-state index contributed by atoms with van der Waals surface area (Å²) in [6.07, 6.45) is -0.526. The predicted octanol–water partition coefficient (Wildman–Crippen LogP) is 1.95. The molecule has 4 rings (SSSR count). The van der Waals surface area contributed by atoms with Crippen molar-refractivity contribution in [2.45, 2.75) is 18.6 Å². The molecule has 1 heterocycles. The fourth-order valence-electron chi connectivity index (χ4n) is 4.89. The summed E-state index contributed by atoms with van der Waals surface area (Å²) in [5.74, 6) is -0.750. The van der Waals surface area contributed by atoms with Crippen molar-refractivity contribution in [2.24, 2.45) is 11.3 Å². The smallest absolute Gasteiger partial charge is 0.336 e. The van der Waals surface area contributed by atoms with E-state index < -0.39 is 12.1 Å². The molecule has 0 bridgehead atoms. The van der Waals surface area contributed by atoms with E-state index in [1.165, 1.54) is 0 Å². The number of hydrogen-bond acceptors (Lipinski definition) is 4. The maximum absolute atomic E-state index is 11.4. The summed E-state index contributed by atoms with van der Waals surface area (Å²) in [5, 5.41) is 30.1. The standard InChI is InChI=1S/C21H23NO4/c23-12-17-19(14-6-2-1-3-7-14)21(17)13-22(11-18(21)24)10-15-8-4-5-9-16(15)20(25)26/h1-9,17-19,23-24H,10-13H2,(H,25,26)/t17-,18-,19-,21-/m1/s1. The predicted molar refractivity (Wildman–Crippen MR) is 96.9 cm³/mol. The number of likely N-dealkylation sites (tertiary alicyclic amines) is 1. The van der Waals surface area contributed by atoms with Crippen LogP contribution in [0.25, 0.3) is 0 Å². The van der Waals surface area contributed by atoms with Crippen molar-refractivity contribution in [3.8, 4) is 0 Å². The monoisotopic (exact) mass is 353 g/mol. The number of aromatic carboxylic acids is 1. The first-order valence-electron chi connectivity index (χ1n) is 8.95. The molecular weight excluding hydrogens is 330 g/mol. The second kappa shape index (κ2) is 6.50. The van der Waals surface area contributed by atoms with Crippen LogP contribution in [0.5, 0.6) is 0 Å². The molecule has 2 aromatic carbocycles. The molecule has 5 heteroatoms. The number of β-amino-alcohol motifs (C(OH)–C–C–N with tert-alkyl or cyclic N) is 1. The number of rotatable bonds is 5. The van der Waals surface area contributed by atoms with Crippen LogP contribution in [-0.4, -0.2) is 52.0 Å². The molecule has 2 aliphatic rings. The number of carboxylic acids is 1. The molecule has 3 N–H and O–H groups in total. The van der Waals surface area contributed by atoms with E-state index in [2.05, 4.69) is 17.0 Å². The van der Waals surface area contributed by atoms with Crippen LogP contribution < -0.4 is 0 Å². The minimum atomic E-state index is -0.933. The quantitative estimate of drug-likeness (QED) is 0.766. The van der Waals surface area contributed by atoms with Crippen molar-refractivity contribution in [1.82, 2.24) is 4.90 Å². The van der Waals surface area contributed by atoms with Gasteiger partial charge >= 0.3 is 5.97 Å². The first-order chi connectivity index (χ1) is 12.6. The normalized spacial score (nSPS) is 30.6. The van der Waals surface area contributed by atoms with Crippen molar-refractivity contribution < 1.29 is 20.1 Å². The average Bonchev–Trinajstić information content (AvgIpc) is 3.19. The van der Waals surface area contributed by atoms with E-state index in [-0.39, 0.29) is 23.9 Å². The second-order valence-corrected chi connectivity index (χ2v) is 7.44. The Kier molecular flexibility index (Phi) is 4.31. The third kappa shape index (κ3) is 2.63. The van der Waals surface area contributed by atoms with E-state index in [9.17, 15) is 20.1 Å². The molecule has 0 amide bonds. The van der Waals surface area contributed by atoms with Gasteiger partial charge in [-0.05, 0) is 29.0 Å². The Hall–Kier alpha value is -2.21. The molecule has 0 unspecified atom stereocenters. The van der Waals surface area contributed by atoms with Gasteiger partial charge in [0.05, 0.1) is 11.7 Å². The molecule has 2 aromatic rings. The van der Waals surface area contributed by atoms with Crippen LogP contribution in [-0.2, 0) is 6.54 Å². The first-order valence-corrected chi connectivity index (χ1v) is 8.95. The number of benzene rings is 2. The number of hydrogen-bond donors (Lipinski definition) is 3. The van der Waals surface area contributed by atoms with Gasteiger partial charge in [0.1, 0.15) is 0 Å². The van der Waals surface area contributed by atoms with Gasteiger partial charge in [-0.15, -0.1) is 0 Å². The lowest BCUT2D eigenvalue weighted by Gasteiger charge is -2.17. The average molecular weight is 353 g/mol. The third-order valence-corrected chi connectivity index (χ3v) is 6.11. The minimum Gasteiger partial charge on any atom is -0.478 e. The summed E-state index contributed by atoms with van der Waals surface area (Å²) in [4.78, 5) is 13.5. The van der Waals surface area contributed by atoms with E-state index in [1.807, 2.05) is 30.3 Å². The van der Waals surface area contributed by atoms with Crippen LogP contribution >= 0.6 is 0 Å². The molecule has 0 radical (unpaired) electrons. The molecule has 1 aliphatic carbocycles. The molecule has 0 aromatic heterocycles. The topological polar surface area (TPSA) is 81.0 Å². The largest absolute Gasteiger partial charge is 0.478 e. The van der Waals surface area contributed by atoms with Gasteiger partial charge in [-0.2, -0.15) is 0 Å². The van der Waals surface area contributed by atoms with Crippen molar-refractivity contribution in [3.05, 3.63) is 71.3 Å². The highest BCUT2D eigenvalue weighted by atomic mass is 16.4. The van der Waals surface area contributed by atoms with E-state index in [0.29, 0.717) is 25.2 Å². The maximum Gasteiger partial charge on any atom is 0.336 e. The van der Waals surface area contributed by atoms with E-state index in [1.54, 1.807) is 12.1 Å². The fourth-order valence-corrected chi connectivity index (χ4v) is 4.89. The summed E-state index contributed by atoms with van der Waals surface area (Å²) < 4.78 is 0. The van der Waals surface area contributed by atoms with Crippen LogP contribution in [0.2, 0.25) is 0 Å². The summed E-state index contributed by atoms with van der Waals surface area (Å²) in [6, 6.07) is 17.0. The van der Waals surface area contributed by atoms with E-state index >= 15 is 0 Å². The second-order valence-electron chi connectivity index (χ2n) is 7.44. The van der Waals surface area contributed by atoms with Crippen LogP contribution in [0.1, 0.15) is 27.4 Å². The van der Waals surface area contributed by atoms with Crippen LogP contribution in [0, 0.1) is 11.3 Å². The van der Waals surface area contributed by atoms with Crippen LogP contribution in [0.4, 0.5) is 0 Å². The number of aliphatic hydroxyl groups is 2. The minimum absolute atomic E-state index is 0.0413. The van der Waals surface area contributed by atoms with Gasteiger partial charge in [0.2, 0.25) is 0 Å². The Bertz CT molecular complexity index is 809. The molecule has 136 valence electrons. The Labute approximate surface area is 152 Å². The van der Waals surface area contributed by atoms with E-state index in [4.69, 9.17) is 0 Å². The highest BCUT2D eigenvalue weighted by Gasteiger charge is 2.70. The van der Waals surface area contributed by atoms with Crippen LogP contribution in [0.15, 0.2) is 54.6 Å². The summed E-state index contributed by atoms with van der Waals surface area (Å²) in [6.45, 7) is 1.69. The van der Waals surface area contributed by atoms with Crippen molar-refractivity contribution in [1.29, 1.82) is 0 Å². The van der Waals surface area contributed by atoms with Gasteiger partial charge in [0.25, 0.3) is 0 Å². The molecule has 1 spiro atoms. The van der Waals surface area contributed by atoms with Gasteiger partial charge in [-0.1, -0.05) is 48.5 Å². The molecule has 1 saturated carbocycles. The molecule has 1 saturated heterocycles. The molecule has 1 aliphatic heterocycles. The number of carboxylic acid groups (broad SMARTS) is 1. The Balaban J connectivity index is 1.56. The Morgan fingerprint density at radius 2 is 1.81 bits per heavy atom. The van der Waals surface area contributed by atoms with Gasteiger partial charge in [-0.3, -0.25) is 4.90 Å². The van der Waals surface area contributed by atoms with Gasteiger partial charge < -0.3 is 15.3 Å². The zero-order valence-corrected chi connectivity index (χ0v) is 14.5. The Morgan fingerprint density at radius 1 is 1.12 bits per heavy atom. The van der Waals surface area contributed by atoms with Gasteiger partial charge in [0.15, 0.2) is 0 Å². The molecule has 4 atom stereocenters. The zero-order valence-electron chi connectivity index (χ0n) is 14.5. The molecule has 2 fully saturated rings. The maximum atomic E-state index is 11.4. The molecule has 26 heavy (non-hydrogen) atoms. The molecule has 5 nitrogen and oxygen atoms in total. The third-order valence-electron chi connectivity index (χ3n) is 6.11.